The Kier molecular flexibility index (Phi) is 4.39. The summed E-state index contributed by atoms with van der Waals surface area (Å²) in [5.41, 5.74) is 8.12. The molecule has 5 heteroatoms. The Hall–Kier alpha value is -1.88. The summed E-state index contributed by atoms with van der Waals surface area (Å²) in [7, 11) is 1.36. The van der Waals surface area contributed by atoms with Crippen LogP contribution in [0.1, 0.15) is 27.4 Å². The number of esters is 1. The van der Waals surface area contributed by atoms with E-state index in [2.05, 4.69) is 0 Å². The van der Waals surface area contributed by atoms with Crippen molar-refractivity contribution in [3.8, 4) is 0 Å². The summed E-state index contributed by atoms with van der Waals surface area (Å²) in [5, 5.41) is 0. The van der Waals surface area contributed by atoms with Gasteiger partial charge in [-0.1, -0.05) is 0 Å². The first-order valence-corrected chi connectivity index (χ1v) is 7.16. The van der Waals surface area contributed by atoms with Gasteiger partial charge in [-0.25, -0.2) is 4.79 Å². The molecule has 2 rings (SSSR count). The van der Waals surface area contributed by atoms with Crippen LogP contribution in [0.25, 0.3) is 0 Å². The van der Waals surface area contributed by atoms with Gasteiger partial charge in [-0.3, -0.25) is 0 Å². The van der Waals surface area contributed by atoms with E-state index in [4.69, 9.17) is 14.9 Å². The molecule has 1 aromatic carbocycles. The molecule has 0 spiro atoms. The number of nitrogens with two attached hydrogens (primary N) is 1. The number of nitrogen functional groups attached to an aromatic ring is 1. The predicted octanol–water partition coefficient (Wildman–Crippen LogP) is 3.56. The van der Waals surface area contributed by atoms with E-state index in [1.165, 1.54) is 7.11 Å². The molecule has 106 valence electrons. The number of thioether (sulfide) groups is 1. The lowest BCUT2D eigenvalue weighted by molar-refractivity contribution is 0.0599. The van der Waals surface area contributed by atoms with E-state index in [9.17, 15) is 4.79 Å². The van der Waals surface area contributed by atoms with E-state index in [1.807, 2.05) is 25.1 Å². The van der Waals surface area contributed by atoms with Crippen LogP contribution in [-0.4, -0.2) is 13.1 Å². The van der Waals surface area contributed by atoms with E-state index in [0.717, 1.165) is 21.9 Å². The largest absolute Gasteiger partial charge is 0.465 e. The number of hydrogen-bond donors (Lipinski definition) is 1. The molecule has 0 aliphatic heterocycles. The van der Waals surface area contributed by atoms with E-state index in [-0.39, 0.29) is 5.97 Å². The van der Waals surface area contributed by atoms with Crippen molar-refractivity contribution < 1.29 is 13.9 Å². The number of aryl methyl sites for hydroxylation is 2. The van der Waals surface area contributed by atoms with E-state index >= 15 is 0 Å². The van der Waals surface area contributed by atoms with Gasteiger partial charge < -0.3 is 14.9 Å². The van der Waals surface area contributed by atoms with Crippen molar-refractivity contribution in [3.05, 3.63) is 46.9 Å². The molecule has 0 aliphatic carbocycles. The third-order valence-corrected chi connectivity index (χ3v) is 4.01. The standard InChI is InChI=1S/C15H17NO3S/c1-9-6-12(4-5-14(9)16)20-8-11-7-13(10(2)19-11)15(17)18-3/h4-7H,8,16H2,1-3H3. The molecule has 20 heavy (non-hydrogen) atoms. The molecule has 0 aliphatic rings. The zero-order valence-corrected chi connectivity index (χ0v) is 12.5. The molecule has 0 radical (unpaired) electrons. The quantitative estimate of drug-likeness (QED) is 0.530. The zero-order chi connectivity index (χ0) is 14.7. The zero-order valence-electron chi connectivity index (χ0n) is 11.7. The smallest absolute Gasteiger partial charge is 0.341 e. The number of ether oxygens (including phenoxy) is 1. The average Bonchev–Trinajstić information content (AvgIpc) is 2.80. The Balaban J connectivity index is 2.07. The summed E-state index contributed by atoms with van der Waals surface area (Å²) in [6, 6.07) is 7.64. The molecule has 1 heterocycles. The van der Waals surface area contributed by atoms with Crippen molar-refractivity contribution in [3.63, 3.8) is 0 Å². The van der Waals surface area contributed by atoms with Gasteiger partial charge in [0.25, 0.3) is 0 Å². The molecule has 2 N–H and O–H groups in total. The predicted molar refractivity (Wildman–Crippen MR) is 79.9 cm³/mol. The second-order valence-electron chi connectivity index (χ2n) is 4.48. The minimum Gasteiger partial charge on any atom is -0.465 e. The van der Waals surface area contributed by atoms with Gasteiger partial charge in [0.2, 0.25) is 0 Å². The lowest BCUT2D eigenvalue weighted by atomic mass is 10.2. The van der Waals surface area contributed by atoms with Crippen molar-refractivity contribution in [2.45, 2.75) is 24.5 Å². The average molecular weight is 291 g/mol. The molecule has 1 aromatic heterocycles. The van der Waals surface area contributed by atoms with Crippen molar-refractivity contribution in [1.29, 1.82) is 0 Å². The highest BCUT2D eigenvalue weighted by Crippen LogP contribution is 2.27. The van der Waals surface area contributed by atoms with Gasteiger partial charge in [0.05, 0.1) is 12.9 Å². The maximum Gasteiger partial charge on any atom is 0.341 e. The molecule has 4 nitrogen and oxygen atoms in total. The Morgan fingerprint density at radius 3 is 2.75 bits per heavy atom. The van der Waals surface area contributed by atoms with Crippen LogP contribution >= 0.6 is 11.8 Å². The van der Waals surface area contributed by atoms with Crippen LogP contribution in [0.15, 0.2) is 33.6 Å². The number of benzene rings is 1. The fourth-order valence-corrected chi connectivity index (χ4v) is 2.70. The van der Waals surface area contributed by atoms with Crippen LogP contribution in [0.5, 0.6) is 0 Å². The molecular formula is C15H17NO3S. The number of hydrogen-bond acceptors (Lipinski definition) is 5. The second-order valence-corrected chi connectivity index (χ2v) is 5.53. The minimum absolute atomic E-state index is 0.370. The van der Waals surface area contributed by atoms with Crippen LogP contribution in [0.4, 0.5) is 5.69 Å². The number of methoxy groups -OCH3 is 1. The summed E-state index contributed by atoms with van der Waals surface area (Å²) in [4.78, 5) is 12.6. The van der Waals surface area contributed by atoms with Crippen LogP contribution in [-0.2, 0) is 10.5 Å². The highest BCUT2D eigenvalue weighted by Gasteiger charge is 2.15. The van der Waals surface area contributed by atoms with Crippen molar-refractivity contribution in [2.75, 3.05) is 12.8 Å². The third kappa shape index (κ3) is 3.17. The second kappa shape index (κ2) is 6.05. The maximum absolute atomic E-state index is 11.5. The summed E-state index contributed by atoms with van der Waals surface area (Å²) >= 11 is 1.64. The number of anilines is 1. The van der Waals surface area contributed by atoms with Crippen molar-refractivity contribution in [2.24, 2.45) is 0 Å². The molecule has 0 atom stereocenters. The summed E-state index contributed by atoms with van der Waals surface area (Å²) in [6.45, 7) is 3.74. The number of carbonyl (C=O) groups excluding carboxylic acids is 1. The number of furan rings is 1. The van der Waals surface area contributed by atoms with Crippen molar-refractivity contribution >= 4 is 23.4 Å². The topological polar surface area (TPSA) is 65.5 Å². The molecule has 2 aromatic rings. The maximum atomic E-state index is 11.5. The monoisotopic (exact) mass is 291 g/mol. The Morgan fingerprint density at radius 1 is 1.35 bits per heavy atom. The van der Waals surface area contributed by atoms with Crippen LogP contribution in [0.3, 0.4) is 0 Å². The fourth-order valence-electron chi connectivity index (χ4n) is 1.82. The SMILES string of the molecule is COC(=O)c1cc(CSc2ccc(N)c(C)c2)oc1C. The molecule has 0 saturated carbocycles. The molecule has 0 bridgehead atoms. The first-order chi connectivity index (χ1) is 9.51. The van der Waals surface area contributed by atoms with Gasteiger partial charge in [0, 0.05) is 10.6 Å². The lowest BCUT2D eigenvalue weighted by Gasteiger charge is -2.03. The molecule has 0 amide bonds. The summed E-state index contributed by atoms with van der Waals surface area (Å²) < 4.78 is 10.3. The third-order valence-electron chi connectivity index (χ3n) is 3.00. The molecule has 0 unspecified atom stereocenters. The Labute approximate surface area is 122 Å². The van der Waals surface area contributed by atoms with Crippen LogP contribution in [0.2, 0.25) is 0 Å². The van der Waals surface area contributed by atoms with Gasteiger partial charge in [0.15, 0.2) is 0 Å². The highest BCUT2D eigenvalue weighted by atomic mass is 32.2. The normalized spacial score (nSPS) is 10.6. The number of rotatable bonds is 4. The van der Waals surface area contributed by atoms with Gasteiger partial charge in [-0.05, 0) is 43.7 Å². The molecule has 0 fully saturated rings. The first-order valence-electron chi connectivity index (χ1n) is 6.18. The fraction of sp³-hybridized carbons (Fsp3) is 0.267. The van der Waals surface area contributed by atoms with Gasteiger partial charge in [0.1, 0.15) is 17.1 Å². The number of carbonyl (C=O) groups is 1. The van der Waals surface area contributed by atoms with E-state index in [1.54, 1.807) is 24.8 Å². The summed E-state index contributed by atoms with van der Waals surface area (Å²) in [5.74, 6) is 1.62. The lowest BCUT2D eigenvalue weighted by Crippen LogP contribution is -2.00. The molecule has 0 saturated heterocycles. The van der Waals surface area contributed by atoms with Gasteiger partial charge in [-0.2, -0.15) is 0 Å². The van der Waals surface area contributed by atoms with Crippen LogP contribution in [0, 0.1) is 13.8 Å². The van der Waals surface area contributed by atoms with Crippen LogP contribution < -0.4 is 5.73 Å². The molecular weight excluding hydrogens is 274 g/mol. The Bertz CT molecular complexity index is 634. The van der Waals surface area contributed by atoms with Crippen molar-refractivity contribution in [1.82, 2.24) is 0 Å². The van der Waals surface area contributed by atoms with E-state index < -0.39 is 0 Å². The first kappa shape index (κ1) is 14.5. The van der Waals surface area contributed by atoms with Gasteiger partial charge in [-0.15, -0.1) is 11.8 Å². The van der Waals surface area contributed by atoms with E-state index in [0.29, 0.717) is 17.1 Å². The van der Waals surface area contributed by atoms with Gasteiger partial charge >= 0.3 is 5.97 Å². The minimum atomic E-state index is -0.370. The highest BCUT2D eigenvalue weighted by molar-refractivity contribution is 7.98. The Morgan fingerprint density at radius 2 is 2.10 bits per heavy atom. The summed E-state index contributed by atoms with van der Waals surface area (Å²) in [6.07, 6.45) is 0.